The summed E-state index contributed by atoms with van der Waals surface area (Å²) in [6, 6.07) is 20.8. The summed E-state index contributed by atoms with van der Waals surface area (Å²) in [5, 5.41) is 0. The van der Waals surface area contributed by atoms with Crippen LogP contribution in [0.15, 0.2) is 60.7 Å². The third kappa shape index (κ3) is 4.34. The SMILES string of the molecule is CC#CC#CC(N(CC)c1ccccc1)N(CC)c1ccccc1. The van der Waals surface area contributed by atoms with Crippen LogP contribution in [0.25, 0.3) is 0 Å². The molecule has 24 heavy (non-hydrogen) atoms. The van der Waals surface area contributed by atoms with Crippen LogP contribution < -0.4 is 9.80 Å². The summed E-state index contributed by atoms with van der Waals surface area (Å²) in [6.45, 7) is 7.86. The fraction of sp³-hybridized carbons (Fsp3) is 0.273. The van der Waals surface area contributed by atoms with Crippen LogP contribution in [0.4, 0.5) is 11.4 Å². The van der Waals surface area contributed by atoms with Gasteiger partial charge >= 0.3 is 0 Å². The van der Waals surface area contributed by atoms with Crippen LogP contribution in [-0.2, 0) is 0 Å². The molecule has 0 aromatic heterocycles. The van der Waals surface area contributed by atoms with Gasteiger partial charge in [0.25, 0.3) is 0 Å². The molecule has 0 N–H and O–H groups in total. The van der Waals surface area contributed by atoms with Crippen LogP contribution in [0.3, 0.4) is 0 Å². The number of anilines is 2. The quantitative estimate of drug-likeness (QED) is 0.576. The van der Waals surface area contributed by atoms with Crippen molar-refractivity contribution in [2.24, 2.45) is 0 Å². The monoisotopic (exact) mass is 316 g/mol. The lowest BCUT2D eigenvalue weighted by Crippen LogP contribution is -2.48. The minimum Gasteiger partial charge on any atom is -0.341 e. The number of benzene rings is 2. The lowest BCUT2D eigenvalue weighted by atomic mass is 10.2. The van der Waals surface area contributed by atoms with Crippen molar-refractivity contribution in [3.63, 3.8) is 0 Å². The molecule has 0 heterocycles. The van der Waals surface area contributed by atoms with Gasteiger partial charge in [0.1, 0.15) is 0 Å². The third-order valence-corrected chi connectivity index (χ3v) is 3.84. The number of nitrogens with zero attached hydrogens (tertiary/aromatic N) is 2. The van der Waals surface area contributed by atoms with E-state index in [1.165, 1.54) is 0 Å². The Morgan fingerprint density at radius 1 is 0.750 bits per heavy atom. The first-order valence-electron chi connectivity index (χ1n) is 8.37. The first kappa shape index (κ1) is 17.5. The molecule has 0 amide bonds. The molecule has 2 aromatic rings. The van der Waals surface area contributed by atoms with Crippen LogP contribution in [0.1, 0.15) is 20.8 Å². The first-order chi connectivity index (χ1) is 11.8. The van der Waals surface area contributed by atoms with E-state index in [2.05, 4.69) is 95.9 Å². The van der Waals surface area contributed by atoms with Crippen molar-refractivity contribution in [3.8, 4) is 23.7 Å². The minimum absolute atomic E-state index is 0.0642. The zero-order valence-electron chi connectivity index (χ0n) is 14.7. The number of hydrogen-bond donors (Lipinski definition) is 0. The van der Waals surface area contributed by atoms with Gasteiger partial charge in [-0.15, -0.1) is 0 Å². The van der Waals surface area contributed by atoms with Crippen LogP contribution in [0.2, 0.25) is 0 Å². The normalized spacial score (nSPS) is 9.50. The predicted molar refractivity (Wildman–Crippen MR) is 104 cm³/mol. The fourth-order valence-corrected chi connectivity index (χ4v) is 2.72. The Balaban J connectivity index is 2.46. The van der Waals surface area contributed by atoms with E-state index in [0.29, 0.717) is 0 Å². The summed E-state index contributed by atoms with van der Waals surface area (Å²) in [4.78, 5) is 4.61. The van der Waals surface area contributed by atoms with Crippen molar-refractivity contribution in [2.45, 2.75) is 26.9 Å². The fourth-order valence-electron chi connectivity index (χ4n) is 2.72. The second-order valence-electron chi connectivity index (χ2n) is 5.26. The molecular weight excluding hydrogens is 292 g/mol. The van der Waals surface area contributed by atoms with Crippen molar-refractivity contribution < 1.29 is 0 Å². The van der Waals surface area contributed by atoms with Gasteiger partial charge in [-0.1, -0.05) is 42.3 Å². The van der Waals surface area contributed by atoms with Crippen molar-refractivity contribution in [3.05, 3.63) is 60.7 Å². The Morgan fingerprint density at radius 2 is 1.21 bits per heavy atom. The summed E-state index contributed by atoms with van der Waals surface area (Å²) in [6.07, 6.45) is -0.0642. The average Bonchev–Trinajstić information content (AvgIpc) is 2.64. The van der Waals surface area contributed by atoms with Crippen LogP contribution in [0.5, 0.6) is 0 Å². The second kappa shape index (κ2) is 9.33. The molecule has 0 atom stereocenters. The van der Waals surface area contributed by atoms with E-state index >= 15 is 0 Å². The molecule has 2 heteroatoms. The highest BCUT2D eigenvalue weighted by atomic mass is 15.3. The van der Waals surface area contributed by atoms with E-state index in [1.807, 2.05) is 19.1 Å². The van der Waals surface area contributed by atoms with Crippen LogP contribution >= 0.6 is 0 Å². The number of rotatable bonds is 6. The Hall–Kier alpha value is -2.84. The third-order valence-electron chi connectivity index (χ3n) is 3.84. The van der Waals surface area contributed by atoms with Gasteiger partial charge < -0.3 is 9.80 Å². The second-order valence-corrected chi connectivity index (χ2v) is 5.26. The number of para-hydroxylation sites is 2. The molecule has 0 radical (unpaired) electrons. The highest BCUT2D eigenvalue weighted by molar-refractivity contribution is 5.56. The number of hydrogen-bond acceptors (Lipinski definition) is 2. The van der Waals surface area contributed by atoms with E-state index in [1.54, 1.807) is 0 Å². The van der Waals surface area contributed by atoms with Gasteiger partial charge in [-0.3, -0.25) is 0 Å². The summed E-state index contributed by atoms with van der Waals surface area (Å²) in [5.74, 6) is 12.1. The molecule has 0 spiro atoms. The van der Waals surface area contributed by atoms with Crippen molar-refractivity contribution in [2.75, 3.05) is 22.9 Å². The molecule has 0 fully saturated rings. The smallest absolute Gasteiger partial charge is 0.167 e. The Bertz CT molecular complexity index is 682. The Labute approximate surface area is 146 Å². The molecule has 0 aliphatic carbocycles. The molecular formula is C22H24N2. The highest BCUT2D eigenvalue weighted by Crippen LogP contribution is 2.23. The zero-order chi connectivity index (χ0) is 17.2. The Morgan fingerprint density at radius 3 is 1.58 bits per heavy atom. The minimum atomic E-state index is -0.0642. The van der Waals surface area contributed by atoms with Crippen LogP contribution in [0, 0.1) is 23.7 Å². The lowest BCUT2D eigenvalue weighted by molar-refractivity contribution is 0.669. The molecule has 2 nitrogen and oxygen atoms in total. The molecule has 2 aromatic carbocycles. The summed E-state index contributed by atoms with van der Waals surface area (Å²) < 4.78 is 0. The zero-order valence-corrected chi connectivity index (χ0v) is 14.7. The lowest BCUT2D eigenvalue weighted by Gasteiger charge is -2.38. The molecule has 122 valence electrons. The van der Waals surface area contributed by atoms with Gasteiger partial charge in [-0.25, -0.2) is 0 Å². The maximum absolute atomic E-state index is 3.35. The van der Waals surface area contributed by atoms with Crippen molar-refractivity contribution in [1.82, 2.24) is 0 Å². The van der Waals surface area contributed by atoms with Gasteiger partial charge in [0.15, 0.2) is 6.17 Å². The molecule has 2 rings (SSSR count). The topological polar surface area (TPSA) is 6.48 Å². The Kier molecular flexibility index (Phi) is 6.81. The van der Waals surface area contributed by atoms with Crippen molar-refractivity contribution in [1.29, 1.82) is 0 Å². The summed E-state index contributed by atoms with van der Waals surface area (Å²) in [7, 11) is 0. The van der Waals surface area contributed by atoms with Crippen molar-refractivity contribution >= 4 is 11.4 Å². The first-order valence-corrected chi connectivity index (χ1v) is 8.37. The van der Waals surface area contributed by atoms with Crippen LogP contribution in [-0.4, -0.2) is 19.3 Å². The summed E-state index contributed by atoms with van der Waals surface area (Å²) in [5.41, 5.74) is 2.33. The van der Waals surface area contributed by atoms with E-state index in [0.717, 1.165) is 24.5 Å². The largest absolute Gasteiger partial charge is 0.341 e. The summed E-state index contributed by atoms with van der Waals surface area (Å²) >= 11 is 0. The van der Waals surface area contributed by atoms with Gasteiger partial charge in [0.05, 0.1) is 0 Å². The van der Waals surface area contributed by atoms with Gasteiger partial charge in [-0.2, -0.15) is 0 Å². The highest BCUT2D eigenvalue weighted by Gasteiger charge is 2.22. The standard InChI is InChI=1S/C22H24N2/c1-4-7-10-19-22(23(5-2)20-15-11-8-12-16-20)24(6-3)21-17-13-9-14-18-21/h8-9,11-18,22H,5-6H2,1-3H3. The van der Waals surface area contributed by atoms with E-state index in [-0.39, 0.29) is 6.17 Å². The average molecular weight is 316 g/mol. The van der Waals surface area contributed by atoms with Gasteiger partial charge in [0, 0.05) is 24.5 Å². The van der Waals surface area contributed by atoms with E-state index < -0.39 is 0 Å². The predicted octanol–water partition coefficient (Wildman–Crippen LogP) is 4.39. The molecule has 0 bridgehead atoms. The molecule has 0 unspecified atom stereocenters. The van der Waals surface area contributed by atoms with Gasteiger partial charge in [0.2, 0.25) is 0 Å². The molecule has 0 aliphatic rings. The maximum atomic E-state index is 3.35. The maximum Gasteiger partial charge on any atom is 0.167 e. The molecule has 0 saturated carbocycles. The van der Waals surface area contributed by atoms with Gasteiger partial charge in [-0.05, 0) is 62.8 Å². The van der Waals surface area contributed by atoms with E-state index in [4.69, 9.17) is 0 Å². The van der Waals surface area contributed by atoms with E-state index in [9.17, 15) is 0 Å². The molecule has 0 aliphatic heterocycles. The molecule has 0 saturated heterocycles.